The Kier molecular flexibility index (Phi) is 2.94. The van der Waals surface area contributed by atoms with Gasteiger partial charge in [-0.15, -0.1) is 0 Å². The second-order valence-corrected chi connectivity index (χ2v) is 2.80. The summed E-state index contributed by atoms with van der Waals surface area (Å²) in [6.07, 6.45) is -4.59. The van der Waals surface area contributed by atoms with Gasteiger partial charge in [-0.2, -0.15) is 13.2 Å². The third kappa shape index (κ3) is 2.44. The summed E-state index contributed by atoms with van der Waals surface area (Å²) in [6.45, 7) is -0.172. The number of hydrogen-bond donors (Lipinski definition) is 1. The average Bonchev–Trinajstić information content (AvgIpc) is 2.15. The molecule has 1 rings (SSSR count). The van der Waals surface area contributed by atoms with Gasteiger partial charge in [0.15, 0.2) is 0 Å². The van der Waals surface area contributed by atoms with E-state index in [2.05, 4.69) is 0 Å². The van der Waals surface area contributed by atoms with Crippen molar-refractivity contribution < 1.29 is 18.1 Å². The van der Waals surface area contributed by atoms with E-state index in [1.54, 1.807) is 0 Å². The van der Waals surface area contributed by atoms with Crippen LogP contribution < -0.4 is 5.73 Å². The predicted molar refractivity (Wildman–Crippen MR) is 46.0 cm³/mol. The fourth-order valence-electron chi connectivity index (χ4n) is 1.08. The van der Waals surface area contributed by atoms with E-state index in [4.69, 9.17) is 5.73 Å². The van der Waals surface area contributed by atoms with Crippen LogP contribution in [0.3, 0.4) is 0 Å². The molecule has 0 saturated carbocycles. The van der Waals surface area contributed by atoms with Crippen molar-refractivity contribution in [3.8, 4) is 0 Å². The second-order valence-electron chi connectivity index (χ2n) is 2.80. The number of nitro benzene ring substituents is 1. The van der Waals surface area contributed by atoms with Gasteiger partial charge in [-0.05, 0) is 6.07 Å². The molecule has 1 aromatic carbocycles. The van der Waals surface area contributed by atoms with Gasteiger partial charge in [0, 0.05) is 18.2 Å². The van der Waals surface area contributed by atoms with Crippen molar-refractivity contribution in [2.75, 3.05) is 0 Å². The van der Waals surface area contributed by atoms with E-state index in [-0.39, 0.29) is 12.1 Å². The number of hydrogen-bond acceptors (Lipinski definition) is 3. The highest BCUT2D eigenvalue weighted by Gasteiger charge is 2.32. The number of alkyl halides is 3. The molecule has 0 aliphatic carbocycles. The Morgan fingerprint density at radius 2 is 2.00 bits per heavy atom. The van der Waals surface area contributed by atoms with Gasteiger partial charge in [-0.3, -0.25) is 10.1 Å². The molecule has 0 saturated heterocycles. The quantitative estimate of drug-likeness (QED) is 0.612. The Morgan fingerprint density at radius 3 is 2.40 bits per heavy atom. The zero-order chi connectivity index (χ0) is 11.6. The molecule has 82 valence electrons. The molecule has 0 amide bonds. The normalized spacial score (nSPS) is 11.5. The van der Waals surface area contributed by atoms with Crippen LogP contribution in [0.5, 0.6) is 0 Å². The van der Waals surface area contributed by atoms with Crippen LogP contribution in [0, 0.1) is 10.1 Å². The molecule has 0 atom stereocenters. The molecule has 1 aromatic rings. The van der Waals surface area contributed by atoms with E-state index >= 15 is 0 Å². The number of nitrogens with zero attached hydrogens (tertiary/aromatic N) is 1. The second kappa shape index (κ2) is 3.85. The summed E-state index contributed by atoms with van der Waals surface area (Å²) >= 11 is 0. The first-order valence-electron chi connectivity index (χ1n) is 3.91. The molecular weight excluding hydrogens is 213 g/mol. The van der Waals surface area contributed by atoms with Crippen molar-refractivity contribution in [1.82, 2.24) is 0 Å². The smallest absolute Gasteiger partial charge is 0.326 e. The van der Waals surface area contributed by atoms with Crippen molar-refractivity contribution in [2.24, 2.45) is 5.73 Å². The lowest BCUT2D eigenvalue weighted by Gasteiger charge is -2.07. The number of nitrogens with two attached hydrogens (primary N) is 1. The first kappa shape index (κ1) is 11.4. The lowest BCUT2D eigenvalue weighted by atomic mass is 10.1. The summed E-state index contributed by atoms with van der Waals surface area (Å²) in [4.78, 5) is 9.56. The third-order valence-corrected chi connectivity index (χ3v) is 1.83. The minimum Gasteiger partial charge on any atom is -0.326 e. The van der Waals surface area contributed by atoms with Gasteiger partial charge in [-0.25, -0.2) is 0 Å². The van der Waals surface area contributed by atoms with Crippen molar-refractivity contribution in [2.45, 2.75) is 12.7 Å². The van der Waals surface area contributed by atoms with Crippen LogP contribution >= 0.6 is 0 Å². The van der Waals surface area contributed by atoms with Crippen molar-refractivity contribution in [1.29, 1.82) is 0 Å². The fourth-order valence-corrected chi connectivity index (χ4v) is 1.08. The zero-order valence-electron chi connectivity index (χ0n) is 7.41. The molecule has 0 unspecified atom stereocenters. The van der Waals surface area contributed by atoms with Gasteiger partial charge in [-0.1, -0.05) is 6.07 Å². The van der Waals surface area contributed by atoms with Gasteiger partial charge in [0.25, 0.3) is 5.69 Å². The molecule has 0 aliphatic heterocycles. The minimum absolute atomic E-state index is 0.0769. The van der Waals surface area contributed by atoms with Crippen molar-refractivity contribution in [3.05, 3.63) is 39.4 Å². The van der Waals surface area contributed by atoms with Crippen LogP contribution in [0.25, 0.3) is 0 Å². The first-order valence-corrected chi connectivity index (χ1v) is 3.91. The molecule has 0 bridgehead atoms. The molecule has 4 nitrogen and oxygen atoms in total. The predicted octanol–water partition coefficient (Wildman–Crippen LogP) is 2.07. The molecule has 2 N–H and O–H groups in total. The molecular formula is C8H7F3N2O2. The Morgan fingerprint density at radius 1 is 1.40 bits per heavy atom. The average molecular weight is 220 g/mol. The summed E-state index contributed by atoms with van der Waals surface area (Å²) in [5, 5.41) is 10.4. The van der Waals surface area contributed by atoms with Crippen LogP contribution in [-0.2, 0) is 12.7 Å². The number of halogens is 3. The standard InChI is InChI=1S/C8H7F3N2O2/c9-8(10,11)6-2-1-5(4-12)7(3-6)13(14)15/h1-3H,4,12H2. The summed E-state index contributed by atoms with van der Waals surface area (Å²) in [7, 11) is 0. The van der Waals surface area contributed by atoms with Gasteiger partial charge in [0.1, 0.15) is 0 Å². The lowest BCUT2D eigenvalue weighted by molar-refractivity contribution is -0.385. The van der Waals surface area contributed by atoms with Gasteiger partial charge in [0.2, 0.25) is 0 Å². The van der Waals surface area contributed by atoms with Gasteiger partial charge < -0.3 is 5.73 Å². The van der Waals surface area contributed by atoms with E-state index < -0.39 is 22.4 Å². The van der Waals surface area contributed by atoms with Crippen LogP contribution in [0.1, 0.15) is 11.1 Å². The Balaban J connectivity index is 3.28. The summed E-state index contributed by atoms with van der Waals surface area (Å²) in [5.74, 6) is 0. The van der Waals surface area contributed by atoms with E-state index in [9.17, 15) is 23.3 Å². The molecule has 0 spiro atoms. The SMILES string of the molecule is NCc1ccc(C(F)(F)F)cc1[N+](=O)[O-]. The summed E-state index contributed by atoms with van der Waals surface area (Å²) in [5.41, 5.74) is 3.58. The molecule has 15 heavy (non-hydrogen) atoms. The number of nitro groups is 1. The minimum atomic E-state index is -4.59. The molecule has 7 heteroatoms. The van der Waals surface area contributed by atoms with Crippen molar-refractivity contribution >= 4 is 5.69 Å². The fraction of sp³-hybridized carbons (Fsp3) is 0.250. The highest BCUT2D eigenvalue weighted by atomic mass is 19.4. The van der Waals surface area contributed by atoms with Crippen molar-refractivity contribution in [3.63, 3.8) is 0 Å². The maximum atomic E-state index is 12.2. The zero-order valence-corrected chi connectivity index (χ0v) is 7.41. The maximum Gasteiger partial charge on any atom is 0.416 e. The lowest BCUT2D eigenvalue weighted by Crippen LogP contribution is -2.08. The molecule has 0 fully saturated rings. The van der Waals surface area contributed by atoms with Crippen LogP contribution in [0.15, 0.2) is 18.2 Å². The molecule has 0 aromatic heterocycles. The molecule has 0 heterocycles. The van der Waals surface area contributed by atoms with Gasteiger partial charge in [0.05, 0.1) is 10.5 Å². The Bertz CT molecular complexity index is 390. The van der Waals surface area contributed by atoms with Crippen LogP contribution in [0.2, 0.25) is 0 Å². The Labute approximate surface area is 82.7 Å². The van der Waals surface area contributed by atoms with Crippen LogP contribution in [0.4, 0.5) is 18.9 Å². The Hall–Kier alpha value is -1.63. The highest BCUT2D eigenvalue weighted by Crippen LogP contribution is 2.32. The number of benzene rings is 1. The largest absolute Gasteiger partial charge is 0.416 e. The third-order valence-electron chi connectivity index (χ3n) is 1.83. The van der Waals surface area contributed by atoms with E-state index in [0.717, 1.165) is 12.1 Å². The number of rotatable bonds is 2. The van der Waals surface area contributed by atoms with E-state index in [0.29, 0.717) is 6.07 Å². The van der Waals surface area contributed by atoms with E-state index in [1.165, 1.54) is 0 Å². The van der Waals surface area contributed by atoms with Gasteiger partial charge >= 0.3 is 6.18 Å². The van der Waals surface area contributed by atoms with Crippen LogP contribution in [-0.4, -0.2) is 4.92 Å². The maximum absolute atomic E-state index is 12.2. The first-order chi connectivity index (χ1) is 6.86. The molecule has 0 aliphatic rings. The van der Waals surface area contributed by atoms with E-state index in [1.807, 2.05) is 0 Å². The monoisotopic (exact) mass is 220 g/mol. The topological polar surface area (TPSA) is 69.2 Å². The summed E-state index contributed by atoms with van der Waals surface area (Å²) in [6, 6.07) is 2.28. The molecule has 0 radical (unpaired) electrons. The highest BCUT2D eigenvalue weighted by molar-refractivity contribution is 5.44. The summed E-state index contributed by atoms with van der Waals surface area (Å²) < 4.78 is 36.6.